The van der Waals surface area contributed by atoms with Gasteiger partial charge in [-0.25, -0.2) is 21.9 Å². The van der Waals surface area contributed by atoms with Crippen molar-refractivity contribution in [1.29, 1.82) is 0 Å². The number of halogens is 2. The maximum atomic E-state index is 13.7. The zero-order valence-electron chi connectivity index (χ0n) is 12.8. The maximum absolute atomic E-state index is 13.7. The van der Waals surface area contributed by atoms with E-state index in [-0.39, 0.29) is 18.4 Å². The van der Waals surface area contributed by atoms with E-state index in [1.54, 1.807) is 31.1 Å². The van der Waals surface area contributed by atoms with Crippen LogP contribution in [0.4, 0.5) is 8.78 Å². The molecule has 4 nitrogen and oxygen atoms in total. The van der Waals surface area contributed by atoms with Crippen LogP contribution < -0.4 is 4.72 Å². The van der Waals surface area contributed by atoms with Crippen LogP contribution in [0.2, 0.25) is 0 Å². The third-order valence-corrected chi connectivity index (χ3v) is 4.93. The van der Waals surface area contributed by atoms with Crippen LogP contribution in [-0.4, -0.2) is 34.0 Å². The molecule has 1 unspecified atom stereocenters. The van der Waals surface area contributed by atoms with Crippen LogP contribution in [0.3, 0.4) is 0 Å². The highest BCUT2D eigenvalue weighted by Gasteiger charge is 2.22. The summed E-state index contributed by atoms with van der Waals surface area (Å²) in [7, 11) is -0.395. The van der Waals surface area contributed by atoms with E-state index in [9.17, 15) is 17.2 Å². The standard InChI is InChI=1S/C16H18F2N2O2S/c1-20(2)15(12-7-9-13(17)10-8-12)11-19-23(21,22)16-6-4-3-5-14(16)18/h3-10,15,19H,11H2,1-2H3. The lowest BCUT2D eigenvalue weighted by molar-refractivity contribution is 0.299. The minimum atomic E-state index is -3.96. The normalized spacial score (nSPS) is 13.3. The van der Waals surface area contributed by atoms with Gasteiger partial charge in [0.1, 0.15) is 16.5 Å². The molecule has 0 aliphatic carbocycles. The first-order chi connectivity index (χ1) is 10.8. The predicted octanol–water partition coefficient (Wildman–Crippen LogP) is 2.55. The van der Waals surface area contributed by atoms with E-state index in [4.69, 9.17) is 0 Å². The fraction of sp³-hybridized carbons (Fsp3) is 0.250. The molecule has 0 aromatic heterocycles. The Hall–Kier alpha value is -1.83. The summed E-state index contributed by atoms with van der Waals surface area (Å²) < 4.78 is 53.6. The van der Waals surface area contributed by atoms with Gasteiger partial charge in [-0.15, -0.1) is 0 Å². The average Bonchev–Trinajstić information content (AvgIpc) is 2.49. The third-order valence-electron chi connectivity index (χ3n) is 3.47. The first-order valence-electron chi connectivity index (χ1n) is 6.97. The van der Waals surface area contributed by atoms with Gasteiger partial charge in [-0.1, -0.05) is 24.3 Å². The molecule has 0 bridgehead atoms. The van der Waals surface area contributed by atoms with Crippen LogP contribution in [0.15, 0.2) is 53.4 Å². The van der Waals surface area contributed by atoms with Crippen molar-refractivity contribution in [1.82, 2.24) is 9.62 Å². The minimum Gasteiger partial charge on any atom is -0.301 e. The molecule has 2 aromatic carbocycles. The van der Waals surface area contributed by atoms with E-state index >= 15 is 0 Å². The molecule has 23 heavy (non-hydrogen) atoms. The van der Waals surface area contributed by atoms with E-state index < -0.39 is 20.7 Å². The second-order valence-electron chi connectivity index (χ2n) is 5.31. The molecule has 1 N–H and O–H groups in total. The summed E-state index contributed by atoms with van der Waals surface area (Å²) in [5, 5.41) is 0. The number of hydrogen-bond acceptors (Lipinski definition) is 3. The van der Waals surface area contributed by atoms with Gasteiger partial charge in [-0.3, -0.25) is 0 Å². The van der Waals surface area contributed by atoms with Crippen LogP contribution in [0.1, 0.15) is 11.6 Å². The summed E-state index contributed by atoms with van der Waals surface area (Å²) in [5.41, 5.74) is 0.757. The molecule has 7 heteroatoms. The smallest absolute Gasteiger partial charge is 0.243 e. The molecule has 0 amide bonds. The Morgan fingerprint density at radius 2 is 1.65 bits per heavy atom. The molecule has 1 atom stereocenters. The van der Waals surface area contributed by atoms with Gasteiger partial charge in [0.15, 0.2) is 0 Å². The van der Waals surface area contributed by atoms with Crippen LogP contribution >= 0.6 is 0 Å². The van der Waals surface area contributed by atoms with Gasteiger partial charge in [-0.2, -0.15) is 0 Å². The quantitative estimate of drug-likeness (QED) is 0.879. The van der Waals surface area contributed by atoms with E-state index in [0.29, 0.717) is 0 Å². The molecular formula is C16H18F2N2O2S. The van der Waals surface area contributed by atoms with Crippen molar-refractivity contribution in [2.75, 3.05) is 20.6 Å². The number of nitrogens with zero attached hydrogens (tertiary/aromatic N) is 1. The van der Waals surface area contributed by atoms with Gasteiger partial charge in [0, 0.05) is 12.6 Å². The Morgan fingerprint density at radius 3 is 2.22 bits per heavy atom. The van der Waals surface area contributed by atoms with Crippen molar-refractivity contribution in [3.05, 3.63) is 65.7 Å². The highest BCUT2D eigenvalue weighted by Crippen LogP contribution is 2.19. The zero-order valence-corrected chi connectivity index (χ0v) is 13.6. The lowest BCUT2D eigenvalue weighted by Crippen LogP contribution is -2.34. The summed E-state index contributed by atoms with van der Waals surface area (Å²) in [6.07, 6.45) is 0. The zero-order chi connectivity index (χ0) is 17.0. The Kier molecular flexibility index (Phi) is 5.46. The first-order valence-corrected chi connectivity index (χ1v) is 8.45. The Morgan fingerprint density at radius 1 is 1.04 bits per heavy atom. The van der Waals surface area contributed by atoms with Crippen molar-refractivity contribution < 1.29 is 17.2 Å². The van der Waals surface area contributed by atoms with Crippen LogP contribution in [0.5, 0.6) is 0 Å². The Bertz CT molecular complexity index is 762. The molecule has 0 fully saturated rings. The molecule has 0 saturated carbocycles. The molecule has 124 valence electrons. The molecule has 2 aromatic rings. The molecule has 0 aliphatic heterocycles. The number of nitrogens with one attached hydrogen (secondary N) is 1. The molecule has 0 spiro atoms. The third kappa shape index (κ3) is 4.34. The minimum absolute atomic E-state index is 0.0370. The number of hydrogen-bond donors (Lipinski definition) is 1. The summed E-state index contributed by atoms with van der Waals surface area (Å²) in [4.78, 5) is 1.41. The lowest BCUT2D eigenvalue weighted by atomic mass is 10.1. The van der Waals surface area contributed by atoms with Crippen molar-refractivity contribution in [3.8, 4) is 0 Å². The van der Waals surface area contributed by atoms with Gasteiger partial charge >= 0.3 is 0 Å². The van der Waals surface area contributed by atoms with Crippen molar-refractivity contribution in [2.24, 2.45) is 0 Å². The molecule has 0 aliphatic rings. The van der Waals surface area contributed by atoms with E-state index in [0.717, 1.165) is 11.6 Å². The van der Waals surface area contributed by atoms with Crippen molar-refractivity contribution >= 4 is 10.0 Å². The second-order valence-corrected chi connectivity index (χ2v) is 7.05. The van der Waals surface area contributed by atoms with Gasteiger partial charge < -0.3 is 4.90 Å². The lowest BCUT2D eigenvalue weighted by Gasteiger charge is -2.25. The largest absolute Gasteiger partial charge is 0.301 e. The fourth-order valence-electron chi connectivity index (χ4n) is 2.21. The number of benzene rings is 2. The van der Waals surface area contributed by atoms with Crippen LogP contribution in [-0.2, 0) is 10.0 Å². The summed E-state index contributed by atoms with van der Waals surface area (Å²) in [5.74, 6) is -1.17. The van der Waals surface area contributed by atoms with Crippen LogP contribution in [0, 0.1) is 11.6 Å². The van der Waals surface area contributed by atoms with Crippen molar-refractivity contribution in [3.63, 3.8) is 0 Å². The molecule has 0 saturated heterocycles. The molecule has 0 radical (unpaired) electrons. The summed E-state index contributed by atoms with van der Waals surface area (Å²) >= 11 is 0. The summed E-state index contributed by atoms with van der Waals surface area (Å²) in [6, 6.07) is 10.7. The average molecular weight is 340 g/mol. The molecule has 0 heterocycles. The monoisotopic (exact) mass is 340 g/mol. The highest BCUT2D eigenvalue weighted by molar-refractivity contribution is 7.89. The number of likely N-dealkylation sites (N-methyl/N-ethyl adjacent to an activating group) is 1. The van der Waals surface area contributed by atoms with E-state index in [1.165, 1.54) is 30.3 Å². The SMILES string of the molecule is CN(C)C(CNS(=O)(=O)c1ccccc1F)c1ccc(F)cc1. The van der Waals surface area contributed by atoms with Gasteiger partial charge in [0.25, 0.3) is 0 Å². The molecular weight excluding hydrogens is 322 g/mol. The Labute approximate surface area is 134 Å². The Balaban J connectivity index is 2.19. The van der Waals surface area contributed by atoms with Crippen molar-refractivity contribution in [2.45, 2.75) is 10.9 Å². The topological polar surface area (TPSA) is 49.4 Å². The van der Waals surface area contributed by atoms with Gasteiger partial charge in [0.2, 0.25) is 10.0 Å². The van der Waals surface area contributed by atoms with E-state index in [2.05, 4.69) is 4.72 Å². The van der Waals surface area contributed by atoms with Gasteiger partial charge in [-0.05, 0) is 43.9 Å². The fourth-order valence-corrected chi connectivity index (χ4v) is 3.33. The van der Waals surface area contributed by atoms with Gasteiger partial charge in [0.05, 0.1) is 0 Å². The van der Waals surface area contributed by atoms with E-state index in [1.807, 2.05) is 0 Å². The maximum Gasteiger partial charge on any atom is 0.243 e. The first kappa shape index (κ1) is 17.5. The molecule has 2 rings (SSSR count). The predicted molar refractivity (Wildman–Crippen MR) is 84.4 cm³/mol. The highest BCUT2D eigenvalue weighted by atomic mass is 32.2. The number of rotatable bonds is 6. The summed E-state index contributed by atoms with van der Waals surface area (Å²) in [6.45, 7) is 0.0370. The van der Waals surface area contributed by atoms with Crippen LogP contribution in [0.25, 0.3) is 0 Å². The number of sulfonamides is 1. The second kappa shape index (κ2) is 7.16.